The molecule has 0 radical (unpaired) electrons. The SMILES string of the molecule is NC(=O)CCn1c(SCC(=O)NCc2cccc(Cl)c2)nnc1C1CC1. The monoisotopic (exact) mass is 393 g/mol. The predicted molar refractivity (Wildman–Crippen MR) is 99.8 cm³/mol. The molecule has 1 aromatic heterocycles. The number of nitrogens with two attached hydrogens (primary N) is 1. The number of carbonyl (C=O) groups excluding carboxylic acids is 2. The molecule has 1 heterocycles. The molecule has 3 N–H and O–H groups in total. The Labute approximate surface area is 160 Å². The summed E-state index contributed by atoms with van der Waals surface area (Å²) in [5, 5.41) is 12.6. The number of hydrogen-bond donors (Lipinski definition) is 2. The van der Waals surface area contributed by atoms with E-state index in [9.17, 15) is 9.59 Å². The molecule has 1 aliphatic rings. The van der Waals surface area contributed by atoms with Gasteiger partial charge in [0.15, 0.2) is 5.16 Å². The summed E-state index contributed by atoms with van der Waals surface area (Å²) in [6.07, 6.45) is 2.39. The number of primary amides is 1. The first kappa shape index (κ1) is 18.7. The minimum Gasteiger partial charge on any atom is -0.370 e. The molecule has 0 spiro atoms. The fourth-order valence-electron chi connectivity index (χ4n) is 2.51. The van der Waals surface area contributed by atoms with Crippen molar-refractivity contribution in [2.24, 2.45) is 5.73 Å². The van der Waals surface area contributed by atoms with Crippen molar-refractivity contribution in [2.75, 3.05) is 5.75 Å². The van der Waals surface area contributed by atoms with Gasteiger partial charge in [-0.2, -0.15) is 0 Å². The lowest BCUT2D eigenvalue weighted by molar-refractivity contribution is -0.119. The average molecular weight is 394 g/mol. The van der Waals surface area contributed by atoms with Gasteiger partial charge in [0.2, 0.25) is 11.8 Å². The van der Waals surface area contributed by atoms with Crippen LogP contribution in [0.25, 0.3) is 0 Å². The topological polar surface area (TPSA) is 103 Å². The number of thioether (sulfide) groups is 1. The molecule has 0 bridgehead atoms. The molecule has 1 fully saturated rings. The highest BCUT2D eigenvalue weighted by Crippen LogP contribution is 2.40. The Morgan fingerprint density at radius 2 is 2.15 bits per heavy atom. The highest BCUT2D eigenvalue weighted by molar-refractivity contribution is 7.99. The first-order valence-electron chi connectivity index (χ1n) is 8.38. The van der Waals surface area contributed by atoms with Crippen molar-refractivity contribution in [3.05, 3.63) is 40.7 Å². The van der Waals surface area contributed by atoms with E-state index in [4.69, 9.17) is 17.3 Å². The summed E-state index contributed by atoms with van der Waals surface area (Å²) in [6.45, 7) is 0.863. The predicted octanol–water partition coefficient (Wildman–Crippen LogP) is 2.09. The standard InChI is InChI=1S/C17H20ClN5O2S/c18-13-3-1-2-11(8-13)9-20-15(25)10-26-17-22-21-16(12-4-5-12)23(17)7-6-14(19)24/h1-3,8,12H,4-7,9-10H2,(H2,19,24)(H,20,25). The van der Waals surface area contributed by atoms with Gasteiger partial charge in [0.25, 0.3) is 0 Å². The van der Waals surface area contributed by atoms with Crippen LogP contribution in [0.2, 0.25) is 5.02 Å². The highest BCUT2D eigenvalue weighted by Gasteiger charge is 2.30. The maximum Gasteiger partial charge on any atom is 0.230 e. The Bertz CT molecular complexity index is 806. The third-order valence-corrected chi connectivity index (χ3v) is 5.18. The van der Waals surface area contributed by atoms with Gasteiger partial charge in [0.05, 0.1) is 5.75 Å². The molecule has 2 amide bonds. The Morgan fingerprint density at radius 1 is 1.35 bits per heavy atom. The van der Waals surface area contributed by atoms with Crippen LogP contribution in [0.4, 0.5) is 0 Å². The highest BCUT2D eigenvalue weighted by atomic mass is 35.5. The number of amides is 2. The normalized spacial score (nSPS) is 13.6. The first-order chi connectivity index (χ1) is 12.5. The van der Waals surface area contributed by atoms with Gasteiger partial charge in [-0.25, -0.2) is 0 Å². The Balaban J connectivity index is 1.55. The van der Waals surface area contributed by atoms with Gasteiger partial charge in [-0.05, 0) is 30.5 Å². The molecule has 1 aromatic carbocycles. The van der Waals surface area contributed by atoms with Gasteiger partial charge >= 0.3 is 0 Å². The van der Waals surface area contributed by atoms with E-state index in [1.807, 2.05) is 22.8 Å². The van der Waals surface area contributed by atoms with Crippen LogP contribution >= 0.6 is 23.4 Å². The zero-order valence-electron chi connectivity index (χ0n) is 14.2. The van der Waals surface area contributed by atoms with E-state index in [0.717, 1.165) is 24.2 Å². The molecule has 138 valence electrons. The Morgan fingerprint density at radius 3 is 2.85 bits per heavy atom. The molecule has 2 aromatic rings. The maximum absolute atomic E-state index is 12.1. The minimum absolute atomic E-state index is 0.104. The van der Waals surface area contributed by atoms with Crippen molar-refractivity contribution < 1.29 is 9.59 Å². The van der Waals surface area contributed by atoms with Crippen LogP contribution < -0.4 is 11.1 Å². The van der Waals surface area contributed by atoms with Crippen molar-refractivity contribution in [3.63, 3.8) is 0 Å². The van der Waals surface area contributed by atoms with Crippen LogP contribution in [0.5, 0.6) is 0 Å². The van der Waals surface area contributed by atoms with Crippen LogP contribution in [0.3, 0.4) is 0 Å². The molecule has 9 heteroatoms. The molecule has 0 aliphatic heterocycles. The zero-order valence-corrected chi connectivity index (χ0v) is 15.7. The molecule has 0 unspecified atom stereocenters. The van der Waals surface area contributed by atoms with E-state index in [0.29, 0.717) is 29.2 Å². The van der Waals surface area contributed by atoms with Gasteiger partial charge in [-0.3, -0.25) is 9.59 Å². The van der Waals surface area contributed by atoms with Crippen molar-refractivity contribution in [2.45, 2.75) is 43.4 Å². The Hall–Kier alpha value is -2.06. The fraction of sp³-hybridized carbons (Fsp3) is 0.412. The number of aromatic nitrogens is 3. The van der Waals surface area contributed by atoms with Crippen LogP contribution in [0.15, 0.2) is 29.4 Å². The lowest BCUT2D eigenvalue weighted by Gasteiger charge is -2.09. The lowest BCUT2D eigenvalue weighted by atomic mass is 10.2. The third-order valence-electron chi connectivity index (χ3n) is 3.98. The first-order valence-corrected chi connectivity index (χ1v) is 9.74. The Kier molecular flexibility index (Phi) is 6.16. The van der Waals surface area contributed by atoms with Crippen molar-refractivity contribution in [3.8, 4) is 0 Å². The fourth-order valence-corrected chi connectivity index (χ4v) is 3.53. The van der Waals surface area contributed by atoms with Crippen molar-refractivity contribution in [1.82, 2.24) is 20.1 Å². The summed E-state index contributed by atoms with van der Waals surface area (Å²) in [4.78, 5) is 23.2. The van der Waals surface area contributed by atoms with Crippen molar-refractivity contribution >= 4 is 35.2 Å². The van der Waals surface area contributed by atoms with Gasteiger partial charge in [0.1, 0.15) is 5.82 Å². The van der Waals surface area contributed by atoms with E-state index in [-0.39, 0.29) is 24.0 Å². The second-order valence-electron chi connectivity index (χ2n) is 6.18. The van der Waals surface area contributed by atoms with Gasteiger partial charge < -0.3 is 15.6 Å². The zero-order chi connectivity index (χ0) is 18.5. The summed E-state index contributed by atoms with van der Waals surface area (Å²) in [7, 11) is 0. The van der Waals surface area contributed by atoms with Crippen LogP contribution in [0, 0.1) is 0 Å². The number of rotatable bonds is 9. The number of nitrogens with one attached hydrogen (secondary N) is 1. The molecule has 0 saturated heterocycles. The number of halogens is 1. The third kappa shape index (κ3) is 5.22. The summed E-state index contributed by atoms with van der Waals surface area (Å²) in [6, 6.07) is 7.36. The van der Waals surface area contributed by atoms with Gasteiger partial charge in [-0.1, -0.05) is 35.5 Å². The molecule has 1 saturated carbocycles. The summed E-state index contributed by atoms with van der Waals surface area (Å²) in [5.41, 5.74) is 6.20. The van der Waals surface area contributed by atoms with E-state index in [1.54, 1.807) is 6.07 Å². The molecular weight excluding hydrogens is 374 g/mol. The van der Waals surface area contributed by atoms with E-state index in [1.165, 1.54) is 11.8 Å². The smallest absolute Gasteiger partial charge is 0.230 e. The largest absolute Gasteiger partial charge is 0.370 e. The summed E-state index contributed by atoms with van der Waals surface area (Å²) < 4.78 is 1.91. The van der Waals surface area contributed by atoms with E-state index in [2.05, 4.69) is 15.5 Å². The molecule has 0 atom stereocenters. The second-order valence-corrected chi connectivity index (χ2v) is 7.56. The van der Waals surface area contributed by atoms with E-state index >= 15 is 0 Å². The van der Waals surface area contributed by atoms with Crippen molar-refractivity contribution in [1.29, 1.82) is 0 Å². The number of nitrogens with zero attached hydrogens (tertiary/aromatic N) is 3. The van der Waals surface area contributed by atoms with Crippen LogP contribution in [-0.2, 0) is 22.7 Å². The lowest BCUT2D eigenvalue weighted by Crippen LogP contribution is -2.24. The average Bonchev–Trinajstić information content (AvgIpc) is 3.37. The maximum atomic E-state index is 12.1. The van der Waals surface area contributed by atoms with Crippen LogP contribution in [-0.4, -0.2) is 32.3 Å². The number of hydrogen-bond acceptors (Lipinski definition) is 5. The summed E-state index contributed by atoms with van der Waals surface area (Å²) in [5.74, 6) is 1.04. The van der Waals surface area contributed by atoms with Crippen LogP contribution in [0.1, 0.15) is 36.6 Å². The van der Waals surface area contributed by atoms with Gasteiger partial charge in [0, 0.05) is 30.5 Å². The second kappa shape index (κ2) is 8.55. The van der Waals surface area contributed by atoms with Gasteiger partial charge in [-0.15, -0.1) is 10.2 Å². The minimum atomic E-state index is -0.365. The molecule has 26 heavy (non-hydrogen) atoms. The number of carbonyl (C=O) groups is 2. The molecule has 7 nitrogen and oxygen atoms in total. The number of benzene rings is 1. The molecular formula is C17H20ClN5O2S. The van der Waals surface area contributed by atoms with E-state index < -0.39 is 0 Å². The molecule has 3 rings (SSSR count). The summed E-state index contributed by atoms with van der Waals surface area (Å²) >= 11 is 7.25. The quantitative estimate of drug-likeness (QED) is 0.635. The molecule has 1 aliphatic carbocycles.